The molecule has 0 aliphatic rings. The molecule has 0 saturated carbocycles. The van der Waals surface area contributed by atoms with Crippen LogP contribution in [0.5, 0.6) is 5.75 Å². The largest absolute Gasteiger partial charge is 0.486 e. The van der Waals surface area contributed by atoms with Crippen LogP contribution in [0.15, 0.2) is 48.5 Å². The number of halogens is 1. The molecule has 0 aliphatic heterocycles. The van der Waals surface area contributed by atoms with Crippen LogP contribution in [0.1, 0.15) is 32.9 Å². The first-order valence-electron chi connectivity index (χ1n) is 8.30. The molecule has 1 aromatic heterocycles. The second-order valence-electron chi connectivity index (χ2n) is 5.73. The summed E-state index contributed by atoms with van der Waals surface area (Å²) in [6.07, 6.45) is 0.842. The van der Waals surface area contributed by atoms with Gasteiger partial charge >= 0.3 is 0 Å². The Morgan fingerprint density at radius 1 is 1.19 bits per heavy atom. The zero-order valence-electron chi connectivity index (χ0n) is 14.6. The van der Waals surface area contributed by atoms with Crippen molar-refractivity contribution in [2.45, 2.75) is 26.9 Å². The Bertz CT molecular complexity index is 906. The standard InChI is InChI=1S/C20H19FN2O2S/c1-3-14-6-4-5-7-17(14)23-20(24)19-13(2)22-18(26-19)12-25-16-10-8-15(21)9-11-16/h4-11H,3,12H2,1-2H3,(H,23,24). The molecular formula is C20H19FN2O2S. The van der Waals surface area contributed by atoms with Crippen molar-refractivity contribution in [1.29, 1.82) is 0 Å². The number of thiazole rings is 1. The van der Waals surface area contributed by atoms with Crippen molar-refractivity contribution in [3.05, 3.63) is 75.5 Å². The average Bonchev–Trinajstić information content (AvgIpc) is 3.02. The highest BCUT2D eigenvalue weighted by atomic mass is 32.1. The van der Waals surface area contributed by atoms with Gasteiger partial charge in [0.2, 0.25) is 0 Å². The number of rotatable bonds is 6. The minimum atomic E-state index is -0.311. The Labute approximate surface area is 155 Å². The summed E-state index contributed by atoms with van der Waals surface area (Å²) in [6, 6.07) is 13.5. The molecule has 0 bridgehead atoms. The molecule has 0 atom stereocenters. The van der Waals surface area contributed by atoms with E-state index in [1.807, 2.05) is 31.2 Å². The van der Waals surface area contributed by atoms with Crippen LogP contribution in [0.25, 0.3) is 0 Å². The molecule has 3 rings (SSSR count). The highest BCUT2D eigenvalue weighted by molar-refractivity contribution is 7.13. The number of aromatic nitrogens is 1. The summed E-state index contributed by atoms with van der Waals surface area (Å²) in [5.41, 5.74) is 2.57. The minimum Gasteiger partial charge on any atom is -0.486 e. The number of hydrogen-bond donors (Lipinski definition) is 1. The van der Waals surface area contributed by atoms with E-state index in [0.29, 0.717) is 21.3 Å². The third kappa shape index (κ3) is 4.26. The number of ether oxygens (including phenoxy) is 1. The summed E-state index contributed by atoms with van der Waals surface area (Å²) in [6.45, 7) is 4.09. The Morgan fingerprint density at radius 2 is 1.92 bits per heavy atom. The zero-order valence-corrected chi connectivity index (χ0v) is 15.4. The summed E-state index contributed by atoms with van der Waals surface area (Å²) in [7, 11) is 0. The SMILES string of the molecule is CCc1ccccc1NC(=O)c1sc(COc2ccc(F)cc2)nc1C. The van der Waals surface area contributed by atoms with Gasteiger partial charge in [-0.25, -0.2) is 9.37 Å². The van der Waals surface area contributed by atoms with E-state index in [0.717, 1.165) is 17.7 Å². The number of amides is 1. The van der Waals surface area contributed by atoms with Crippen molar-refractivity contribution in [2.24, 2.45) is 0 Å². The first-order chi connectivity index (χ1) is 12.6. The maximum atomic E-state index is 12.9. The van der Waals surface area contributed by atoms with Crippen LogP contribution in [0.2, 0.25) is 0 Å². The van der Waals surface area contributed by atoms with Gasteiger partial charge in [0.1, 0.15) is 28.1 Å². The average molecular weight is 370 g/mol. The predicted octanol–water partition coefficient (Wildman–Crippen LogP) is 4.98. The molecule has 3 aromatic rings. The first-order valence-corrected chi connectivity index (χ1v) is 9.12. The quantitative estimate of drug-likeness (QED) is 0.665. The number of nitrogens with one attached hydrogen (secondary N) is 1. The molecule has 0 fully saturated rings. The summed E-state index contributed by atoms with van der Waals surface area (Å²) in [4.78, 5) is 17.6. The molecule has 1 N–H and O–H groups in total. The number of aryl methyl sites for hydroxylation is 2. The number of para-hydroxylation sites is 1. The number of benzene rings is 2. The third-order valence-corrected chi connectivity index (χ3v) is 5.00. The second kappa shape index (κ2) is 8.10. The number of hydrogen-bond acceptors (Lipinski definition) is 4. The third-order valence-electron chi connectivity index (χ3n) is 3.87. The lowest BCUT2D eigenvalue weighted by molar-refractivity contribution is 0.102. The van der Waals surface area contributed by atoms with Gasteiger partial charge in [0.15, 0.2) is 0 Å². The molecule has 0 radical (unpaired) electrons. The van der Waals surface area contributed by atoms with Gasteiger partial charge in [-0.05, 0) is 49.2 Å². The maximum Gasteiger partial charge on any atom is 0.267 e. The van der Waals surface area contributed by atoms with Gasteiger partial charge in [0, 0.05) is 5.69 Å². The minimum absolute atomic E-state index is 0.172. The zero-order chi connectivity index (χ0) is 18.5. The van der Waals surface area contributed by atoms with Crippen LogP contribution in [-0.2, 0) is 13.0 Å². The lowest BCUT2D eigenvalue weighted by Gasteiger charge is -2.08. The van der Waals surface area contributed by atoms with Gasteiger partial charge in [0.05, 0.1) is 5.69 Å². The van der Waals surface area contributed by atoms with E-state index in [9.17, 15) is 9.18 Å². The molecule has 0 unspecified atom stereocenters. The molecule has 26 heavy (non-hydrogen) atoms. The van der Waals surface area contributed by atoms with Gasteiger partial charge in [0.25, 0.3) is 5.91 Å². The van der Waals surface area contributed by atoms with Crippen LogP contribution >= 0.6 is 11.3 Å². The van der Waals surface area contributed by atoms with E-state index in [1.54, 1.807) is 19.1 Å². The fourth-order valence-electron chi connectivity index (χ4n) is 2.53. The van der Waals surface area contributed by atoms with Crippen LogP contribution < -0.4 is 10.1 Å². The number of carbonyl (C=O) groups excluding carboxylic acids is 1. The molecule has 0 aliphatic carbocycles. The van der Waals surface area contributed by atoms with E-state index in [1.165, 1.54) is 23.5 Å². The number of anilines is 1. The Hall–Kier alpha value is -2.73. The van der Waals surface area contributed by atoms with E-state index >= 15 is 0 Å². The molecule has 1 amide bonds. The van der Waals surface area contributed by atoms with E-state index < -0.39 is 0 Å². The fraction of sp³-hybridized carbons (Fsp3) is 0.200. The normalized spacial score (nSPS) is 10.6. The van der Waals surface area contributed by atoms with E-state index in [2.05, 4.69) is 10.3 Å². The Kier molecular flexibility index (Phi) is 5.63. The van der Waals surface area contributed by atoms with Gasteiger partial charge in [-0.3, -0.25) is 4.79 Å². The molecule has 4 nitrogen and oxygen atoms in total. The summed E-state index contributed by atoms with van der Waals surface area (Å²) < 4.78 is 18.5. The lowest BCUT2D eigenvalue weighted by Crippen LogP contribution is -2.12. The smallest absolute Gasteiger partial charge is 0.267 e. The van der Waals surface area contributed by atoms with Crippen molar-refractivity contribution in [3.8, 4) is 5.75 Å². The second-order valence-corrected chi connectivity index (χ2v) is 6.81. The number of carbonyl (C=O) groups is 1. The molecule has 0 spiro atoms. The highest BCUT2D eigenvalue weighted by Crippen LogP contribution is 2.23. The molecule has 0 saturated heterocycles. The summed E-state index contributed by atoms with van der Waals surface area (Å²) >= 11 is 1.30. The first kappa shape index (κ1) is 18.1. The molecular weight excluding hydrogens is 351 g/mol. The van der Waals surface area contributed by atoms with Gasteiger partial charge < -0.3 is 10.1 Å². The molecule has 2 aromatic carbocycles. The van der Waals surface area contributed by atoms with Crippen molar-refractivity contribution < 1.29 is 13.9 Å². The summed E-state index contributed by atoms with van der Waals surface area (Å²) in [5.74, 6) is 0.0739. The van der Waals surface area contributed by atoms with Crippen LogP contribution in [0.4, 0.5) is 10.1 Å². The van der Waals surface area contributed by atoms with E-state index in [-0.39, 0.29) is 18.3 Å². The fourth-order valence-corrected chi connectivity index (χ4v) is 3.40. The summed E-state index contributed by atoms with van der Waals surface area (Å²) in [5, 5.41) is 3.66. The van der Waals surface area contributed by atoms with Crippen molar-refractivity contribution in [1.82, 2.24) is 4.98 Å². The highest BCUT2D eigenvalue weighted by Gasteiger charge is 2.16. The molecule has 134 valence electrons. The predicted molar refractivity (Wildman–Crippen MR) is 101 cm³/mol. The van der Waals surface area contributed by atoms with E-state index in [4.69, 9.17) is 4.74 Å². The maximum absolute atomic E-state index is 12.9. The van der Waals surface area contributed by atoms with Crippen LogP contribution in [-0.4, -0.2) is 10.9 Å². The Morgan fingerprint density at radius 3 is 2.65 bits per heavy atom. The van der Waals surface area contributed by atoms with Crippen molar-refractivity contribution in [2.75, 3.05) is 5.32 Å². The van der Waals surface area contributed by atoms with Crippen molar-refractivity contribution >= 4 is 22.9 Å². The molecule has 1 heterocycles. The molecule has 6 heteroatoms. The topological polar surface area (TPSA) is 51.2 Å². The Balaban J connectivity index is 1.69. The lowest BCUT2D eigenvalue weighted by atomic mass is 10.1. The van der Waals surface area contributed by atoms with Gasteiger partial charge in [-0.2, -0.15) is 0 Å². The van der Waals surface area contributed by atoms with Crippen LogP contribution in [0.3, 0.4) is 0 Å². The van der Waals surface area contributed by atoms with Crippen LogP contribution in [0, 0.1) is 12.7 Å². The monoisotopic (exact) mass is 370 g/mol. The van der Waals surface area contributed by atoms with Crippen molar-refractivity contribution in [3.63, 3.8) is 0 Å². The van der Waals surface area contributed by atoms with Gasteiger partial charge in [-0.1, -0.05) is 25.1 Å². The number of nitrogens with zero attached hydrogens (tertiary/aromatic N) is 1. The van der Waals surface area contributed by atoms with Gasteiger partial charge in [-0.15, -0.1) is 11.3 Å².